The lowest BCUT2D eigenvalue weighted by Crippen LogP contribution is -1.95. The molecule has 1 heterocycles. The summed E-state index contributed by atoms with van der Waals surface area (Å²) in [5.74, 6) is 0.863. The molecule has 0 amide bonds. The summed E-state index contributed by atoms with van der Waals surface area (Å²) in [5.41, 5.74) is 10.0. The van der Waals surface area contributed by atoms with Crippen molar-refractivity contribution in [1.29, 1.82) is 0 Å². The summed E-state index contributed by atoms with van der Waals surface area (Å²) in [4.78, 5) is 4.49. The highest BCUT2D eigenvalue weighted by Gasteiger charge is 2.11. The van der Waals surface area contributed by atoms with Crippen LogP contribution in [0.1, 0.15) is 16.1 Å². The molecule has 0 bridgehead atoms. The second kappa shape index (κ2) is 4.85. The fraction of sp³-hybridized carbons (Fsp3) is 0.308. The monoisotopic (exact) mass is 248 g/mol. The summed E-state index contributed by atoms with van der Waals surface area (Å²) in [7, 11) is 1.68. The third kappa shape index (κ3) is 2.33. The van der Waals surface area contributed by atoms with Crippen molar-refractivity contribution < 1.29 is 4.74 Å². The smallest absolute Gasteiger partial charge is 0.128 e. The predicted octanol–water partition coefficient (Wildman–Crippen LogP) is 2.89. The van der Waals surface area contributed by atoms with E-state index in [1.54, 1.807) is 18.4 Å². The van der Waals surface area contributed by atoms with E-state index in [0.717, 1.165) is 22.0 Å². The lowest BCUT2D eigenvalue weighted by atomic mass is 10.0. The number of nitrogens with two attached hydrogens (primary N) is 1. The van der Waals surface area contributed by atoms with Crippen LogP contribution in [0, 0.1) is 13.8 Å². The predicted molar refractivity (Wildman–Crippen MR) is 71.5 cm³/mol. The number of hydrogen-bond acceptors (Lipinski definition) is 4. The van der Waals surface area contributed by atoms with Gasteiger partial charge in [0, 0.05) is 17.5 Å². The highest BCUT2D eigenvalue weighted by atomic mass is 32.1. The van der Waals surface area contributed by atoms with Crippen molar-refractivity contribution in [3.05, 3.63) is 33.6 Å². The van der Waals surface area contributed by atoms with Crippen LogP contribution in [0.4, 0.5) is 0 Å². The van der Waals surface area contributed by atoms with Gasteiger partial charge in [0.15, 0.2) is 0 Å². The highest BCUT2D eigenvalue weighted by molar-refractivity contribution is 7.09. The van der Waals surface area contributed by atoms with Crippen LogP contribution in [-0.2, 0) is 6.54 Å². The van der Waals surface area contributed by atoms with E-state index in [1.807, 2.05) is 11.4 Å². The van der Waals surface area contributed by atoms with Gasteiger partial charge in [-0.15, -0.1) is 11.3 Å². The summed E-state index contributed by atoms with van der Waals surface area (Å²) < 4.78 is 5.41. The maximum atomic E-state index is 5.58. The Morgan fingerprint density at radius 3 is 2.59 bits per heavy atom. The average molecular weight is 248 g/mol. The molecule has 0 unspecified atom stereocenters. The molecule has 0 atom stereocenters. The Labute approximate surface area is 105 Å². The zero-order valence-corrected chi connectivity index (χ0v) is 11.1. The van der Waals surface area contributed by atoms with Crippen molar-refractivity contribution >= 4 is 11.3 Å². The minimum absolute atomic E-state index is 0.484. The van der Waals surface area contributed by atoms with Gasteiger partial charge in [0.2, 0.25) is 0 Å². The molecular formula is C13H16N2OS. The summed E-state index contributed by atoms with van der Waals surface area (Å²) in [5, 5.41) is 2.97. The molecule has 4 heteroatoms. The molecule has 0 aliphatic carbocycles. The first-order valence-electron chi connectivity index (χ1n) is 5.45. The molecule has 0 aliphatic rings. The van der Waals surface area contributed by atoms with Crippen molar-refractivity contribution in [2.24, 2.45) is 5.73 Å². The van der Waals surface area contributed by atoms with Crippen molar-refractivity contribution in [3.8, 4) is 17.0 Å². The van der Waals surface area contributed by atoms with E-state index in [9.17, 15) is 0 Å². The molecule has 3 nitrogen and oxygen atoms in total. The van der Waals surface area contributed by atoms with Gasteiger partial charge in [0.05, 0.1) is 12.8 Å². The van der Waals surface area contributed by atoms with E-state index >= 15 is 0 Å². The Balaban J connectivity index is 2.53. The Bertz CT molecular complexity index is 534. The molecule has 2 aromatic rings. The maximum Gasteiger partial charge on any atom is 0.128 e. The van der Waals surface area contributed by atoms with Crippen molar-refractivity contribution in [1.82, 2.24) is 4.98 Å². The molecule has 0 saturated carbocycles. The molecule has 0 saturated heterocycles. The van der Waals surface area contributed by atoms with Gasteiger partial charge >= 0.3 is 0 Å². The maximum absolute atomic E-state index is 5.58. The van der Waals surface area contributed by atoms with Gasteiger partial charge in [0.25, 0.3) is 0 Å². The zero-order valence-electron chi connectivity index (χ0n) is 10.3. The van der Waals surface area contributed by atoms with Crippen LogP contribution < -0.4 is 10.5 Å². The number of aromatic nitrogens is 1. The van der Waals surface area contributed by atoms with Crippen LogP contribution in [0.15, 0.2) is 17.5 Å². The molecule has 90 valence electrons. The van der Waals surface area contributed by atoms with Crippen LogP contribution in [0.2, 0.25) is 0 Å². The lowest BCUT2D eigenvalue weighted by Gasteiger charge is -2.09. The number of ether oxygens (including phenoxy) is 1. The second-order valence-corrected chi connectivity index (χ2v) is 4.91. The SMILES string of the molecule is COc1cc(C)c(C)cc1-c1csc(CN)n1. The quantitative estimate of drug-likeness (QED) is 0.908. The largest absolute Gasteiger partial charge is 0.496 e. The van der Waals surface area contributed by atoms with E-state index in [0.29, 0.717) is 6.54 Å². The molecule has 2 rings (SSSR count). The van der Waals surface area contributed by atoms with Crippen LogP contribution in [-0.4, -0.2) is 12.1 Å². The number of aryl methyl sites for hydroxylation is 2. The van der Waals surface area contributed by atoms with Gasteiger partial charge in [-0.05, 0) is 37.1 Å². The summed E-state index contributed by atoms with van der Waals surface area (Å²) in [6.07, 6.45) is 0. The van der Waals surface area contributed by atoms with Crippen LogP contribution in [0.3, 0.4) is 0 Å². The normalized spacial score (nSPS) is 10.6. The van der Waals surface area contributed by atoms with E-state index in [-0.39, 0.29) is 0 Å². The van der Waals surface area contributed by atoms with E-state index in [4.69, 9.17) is 10.5 Å². The topological polar surface area (TPSA) is 48.1 Å². The molecule has 2 N–H and O–H groups in total. The third-order valence-corrected chi connectivity index (χ3v) is 3.69. The van der Waals surface area contributed by atoms with Gasteiger partial charge in [0.1, 0.15) is 10.8 Å². The first-order valence-corrected chi connectivity index (χ1v) is 6.33. The van der Waals surface area contributed by atoms with Crippen LogP contribution in [0.25, 0.3) is 11.3 Å². The van der Waals surface area contributed by atoms with Gasteiger partial charge in [-0.25, -0.2) is 4.98 Å². The molecular weight excluding hydrogens is 232 g/mol. The number of hydrogen-bond donors (Lipinski definition) is 1. The fourth-order valence-corrected chi connectivity index (χ4v) is 2.36. The molecule has 0 radical (unpaired) electrons. The number of rotatable bonds is 3. The minimum Gasteiger partial charge on any atom is -0.496 e. The van der Waals surface area contributed by atoms with Gasteiger partial charge in [-0.1, -0.05) is 0 Å². The van der Waals surface area contributed by atoms with Crippen LogP contribution >= 0.6 is 11.3 Å². The lowest BCUT2D eigenvalue weighted by molar-refractivity contribution is 0.416. The minimum atomic E-state index is 0.484. The first kappa shape index (κ1) is 12.1. The van der Waals surface area contributed by atoms with Crippen molar-refractivity contribution in [3.63, 3.8) is 0 Å². The van der Waals surface area contributed by atoms with E-state index in [2.05, 4.69) is 24.9 Å². The second-order valence-electron chi connectivity index (χ2n) is 3.97. The van der Waals surface area contributed by atoms with Gasteiger partial charge < -0.3 is 10.5 Å². The fourth-order valence-electron chi connectivity index (χ4n) is 1.69. The molecule has 17 heavy (non-hydrogen) atoms. The molecule has 0 fully saturated rings. The average Bonchev–Trinajstić information content (AvgIpc) is 2.80. The number of thiazole rings is 1. The van der Waals surface area contributed by atoms with Gasteiger partial charge in [-0.3, -0.25) is 0 Å². The Morgan fingerprint density at radius 2 is 2.00 bits per heavy atom. The molecule has 1 aromatic heterocycles. The number of methoxy groups -OCH3 is 1. The highest BCUT2D eigenvalue weighted by Crippen LogP contribution is 2.33. The Morgan fingerprint density at radius 1 is 1.29 bits per heavy atom. The third-order valence-electron chi connectivity index (χ3n) is 2.82. The molecule has 1 aromatic carbocycles. The summed E-state index contributed by atoms with van der Waals surface area (Å²) >= 11 is 1.58. The number of nitrogens with zero attached hydrogens (tertiary/aromatic N) is 1. The van der Waals surface area contributed by atoms with Crippen LogP contribution in [0.5, 0.6) is 5.75 Å². The van der Waals surface area contributed by atoms with E-state index < -0.39 is 0 Å². The standard InChI is InChI=1S/C13H16N2OS/c1-8-4-10(12(16-3)5-9(8)2)11-7-17-13(6-14)15-11/h4-5,7H,6,14H2,1-3H3. The summed E-state index contributed by atoms with van der Waals surface area (Å²) in [6.45, 7) is 4.65. The molecule has 0 spiro atoms. The van der Waals surface area contributed by atoms with Crippen molar-refractivity contribution in [2.75, 3.05) is 7.11 Å². The van der Waals surface area contributed by atoms with Crippen molar-refractivity contribution in [2.45, 2.75) is 20.4 Å². The summed E-state index contributed by atoms with van der Waals surface area (Å²) in [6, 6.07) is 4.16. The first-order chi connectivity index (χ1) is 8.15. The Hall–Kier alpha value is -1.39. The van der Waals surface area contributed by atoms with E-state index in [1.165, 1.54) is 11.1 Å². The number of benzene rings is 1. The molecule has 0 aliphatic heterocycles. The zero-order chi connectivity index (χ0) is 12.4. The Kier molecular flexibility index (Phi) is 3.45. The van der Waals surface area contributed by atoms with Gasteiger partial charge in [-0.2, -0.15) is 0 Å².